The fourth-order valence-corrected chi connectivity index (χ4v) is 3.51. The van der Waals surface area contributed by atoms with Gasteiger partial charge in [0.1, 0.15) is 11.4 Å². The first-order valence-corrected chi connectivity index (χ1v) is 8.46. The minimum Gasteiger partial charge on any atom is -0.450 e. The number of aromatic nitrogens is 2. The van der Waals surface area contributed by atoms with Gasteiger partial charge in [0.2, 0.25) is 5.76 Å². The van der Waals surface area contributed by atoms with Crippen LogP contribution in [0.5, 0.6) is 0 Å². The van der Waals surface area contributed by atoms with Crippen molar-refractivity contribution in [1.29, 1.82) is 0 Å². The summed E-state index contributed by atoms with van der Waals surface area (Å²) >= 11 is 0. The number of hydrogen-bond acceptors (Lipinski definition) is 5. The molecule has 0 saturated heterocycles. The van der Waals surface area contributed by atoms with Crippen molar-refractivity contribution >= 4 is 22.7 Å². The highest BCUT2D eigenvalue weighted by Crippen LogP contribution is 2.40. The first-order chi connectivity index (χ1) is 13.3. The predicted octanol–water partition coefficient (Wildman–Crippen LogP) is 3.33. The van der Waals surface area contributed by atoms with E-state index in [9.17, 15) is 9.59 Å². The third kappa shape index (κ3) is 2.27. The SMILES string of the molecule is O=C1c2oc3ccccc3c(=O)c2C(c2ccncc2)N1c1ccccn1. The number of hydrogen-bond donors (Lipinski definition) is 0. The summed E-state index contributed by atoms with van der Waals surface area (Å²) in [7, 11) is 0. The molecule has 6 heteroatoms. The first-order valence-electron chi connectivity index (χ1n) is 8.46. The molecule has 27 heavy (non-hydrogen) atoms. The maximum atomic E-state index is 13.3. The lowest BCUT2D eigenvalue weighted by Gasteiger charge is -2.23. The van der Waals surface area contributed by atoms with Crippen LogP contribution >= 0.6 is 0 Å². The Labute approximate surface area is 153 Å². The highest BCUT2D eigenvalue weighted by Gasteiger charge is 2.44. The van der Waals surface area contributed by atoms with E-state index in [0.717, 1.165) is 5.56 Å². The maximum Gasteiger partial charge on any atom is 0.296 e. The van der Waals surface area contributed by atoms with Gasteiger partial charge in [-0.05, 0) is 42.0 Å². The van der Waals surface area contributed by atoms with E-state index in [-0.39, 0.29) is 17.1 Å². The van der Waals surface area contributed by atoms with E-state index < -0.39 is 6.04 Å². The third-order valence-electron chi connectivity index (χ3n) is 4.70. The van der Waals surface area contributed by atoms with Gasteiger partial charge in [-0.2, -0.15) is 0 Å². The Morgan fingerprint density at radius 1 is 0.889 bits per heavy atom. The van der Waals surface area contributed by atoms with Gasteiger partial charge in [-0.1, -0.05) is 18.2 Å². The summed E-state index contributed by atoms with van der Waals surface area (Å²) in [5.74, 6) is 0.138. The number of amides is 1. The molecule has 1 atom stereocenters. The van der Waals surface area contributed by atoms with Crippen LogP contribution in [0, 0.1) is 0 Å². The summed E-state index contributed by atoms with van der Waals surface area (Å²) in [6.45, 7) is 0. The molecule has 1 aliphatic rings. The van der Waals surface area contributed by atoms with E-state index in [0.29, 0.717) is 22.4 Å². The second-order valence-corrected chi connectivity index (χ2v) is 6.22. The molecule has 3 aromatic heterocycles. The summed E-state index contributed by atoms with van der Waals surface area (Å²) in [6, 6.07) is 15.2. The molecular weight excluding hydrogens is 342 g/mol. The molecule has 4 aromatic rings. The summed E-state index contributed by atoms with van der Waals surface area (Å²) in [5, 5.41) is 0.450. The summed E-state index contributed by atoms with van der Waals surface area (Å²) in [4.78, 5) is 36.3. The van der Waals surface area contributed by atoms with Gasteiger partial charge in [-0.3, -0.25) is 19.5 Å². The molecule has 1 aliphatic heterocycles. The van der Waals surface area contributed by atoms with Crippen molar-refractivity contribution in [2.45, 2.75) is 6.04 Å². The van der Waals surface area contributed by atoms with E-state index in [1.165, 1.54) is 4.90 Å². The lowest BCUT2D eigenvalue weighted by molar-refractivity contribution is 0.0970. The molecule has 0 N–H and O–H groups in total. The number of rotatable bonds is 2. The molecule has 5 rings (SSSR count). The largest absolute Gasteiger partial charge is 0.450 e. The number of anilines is 1. The smallest absolute Gasteiger partial charge is 0.296 e. The predicted molar refractivity (Wildman–Crippen MR) is 99.6 cm³/mol. The number of carbonyl (C=O) groups is 1. The fraction of sp³-hybridized carbons (Fsp3) is 0.0476. The maximum absolute atomic E-state index is 13.3. The van der Waals surface area contributed by atoms with Crippen LogP contribution in [0.15, 0.2) is 82.4 Å². The second-order valence-electron chi connectivity index (χ2n) is 6.22. The summed E-state index contributed by atoms with van der Waals surface area (Å²) in [6.07, 6.45) is 4.88. The van der Waals surface area contributed by atoms with Gasteiger partial charge in [-0.15, -0.1) is 0 Å². The number of nitrogens with zero attached hydrogens (tertiary/aromatic N) is 3. The topological polar surface area (TPSA) is 76.3 Å². The molecule has 0 aliphatic carbocycles. The molecule has 4 heterocycles. The fourth-order valence-electron chi connectivity index (χ4n) is 3.51. The van der Waals surface area contributed by atoms with E-state index >= 15 is 0 Å². The number of benzene rings is 1. The van der Waals surface area contributed by atoms with Crippen LogP contribution in [-0.4, -0.2) is 15.9 Å². The zero-order valence-corrected chi connectivity index (χ0v) is 14.1. The zero-order valence-electron chi connectivity index (χ0n) is 14.1. The van der Waals surface area contributed by atoms with Crippen LogP contribution in [0.25, 0.3) is 11.0 Å². The Kier molecular flexibility index (Phi) is 3.36. The average Bonchev–Trinajstić information content (AvgIpc) is 3.02. The van der Waals surface area contributed by atoms with E-state index in [1.54, 1.807) is 73.2 Å². The monoisotopic (exact) mass is 355 g/mol. The van der Waals surface area contributed by atoms with Crippen LogP contribution in [0.4, 0.5) is 5.82 Å². The molecule has 0 spiro atoms. The Bertz CT molecular complexity index is 1220. The normalized spacial score (nSPS) is 15.9. The first kappa shape index (κ1) is 15.5. The molecule has 130 valence electrons. The van der Waals surface area contributed by atoms with Crippen molar-refractivity contribution in [3.05, 3.63) is 100 Å². The number of para-hydroxylation sites is 1. The molecule has 0 fully saturated rings. The molecule has 0 saturated carbocycles. The average molecular weight is 355 g/mol. The summed E-state index contributed by atoms with van der Waals surface area (Å²) in [5.41, 5.74) is 1.28. The molecule has 0 radical (unpaired) electrons. The van der Waals surface area contributed by atoms with Crippen molar-refractivity contribution in [3.8, 4) is 0 Å². The standard InChI is InChI=1S/C21H13N3O3/c25-19-14-5-1-2-6-15(14)27-20-17(19)18(13-8-11-22-12-9-13)24(21(20)26)16-7-3-4-10-23-16/h1-12,18H. The highest BCUT2D eigenvalue weighted by molar-refractivity contribution is 6.10. The van der Waals surface area contributed by atoms with Crippen LogP contribution in [0.1, 0.15) is 27.7 Å². The van der Waals surface area contributed by atoms with Crippen LogP contribution in [-0.2, 0) is 0 Å². The number of pyridine rings is 2. The quantitative estimate of drug-likeness (QED) is 0.551. The highest BCUT2D eigenvalue weighted by atomic mass is 16.3. The van der Waals surface area contributed by atoms with Crippen molar-refractivity contribution in [1.82, 2.24) is 9.97 Å². The van der Waals surface area contributed by atoms with Crippen LogP contribution in [0.3, 0.4) is 0 Å². The van der Waals surface area contributed by atoms with Crippen molar-refractivity contribution in [3.63, 3.8) is 0 Å². The van der Waals surface area contributed by atoms with Gasteiger partial charge >= 0.3 is 0 Å². The van der Waals surface area contributed by atoms with E-state index in [2.05, 4.69) is 9.97 Å². The van der Waals surface area contributed by atoms with Crippen LogP contribution < -0.4 is 10.3 Å². The number of fused-ring (bicyclic) bond motifs is 2. The molecule has 1 unspecified atom stereocenters. The lowest BCUT2D eigenvalue weighted by atomic mass is 9.99. The summed E-state index contributed by atoms with van der Waals surface area (Å²) < 4.78 is 5.87. The molecular formula is C21H13N3O3. The van der Waals surface area contributed by atoms with Crippen molar-refractivity contribution < 1.29 is 9.21 Å². The Morgan fingerprint density at radius 3 is 2.44 bits per heavy atom. The minimum absolute atomic E-state index is 0.0613. The molecule has 6 nitrogen and oxygen atoms in total. The Morgan fingerprint density at radius 2 is 1.67 bits per heavy atom. The molecule has 1 amide bonds. The second kappa shape index (κ2) is 5.88. The van der Waals surface area contributed by atoms with E-state index in [4.69, 9.17) is 4.42 Å². The van der Waals surface area contributed by atoms with Crippen molar-refractivity contribution in [2.24, 2.45) is 0 Å². The van der Waals surface area contributed by atoms with Gasteiger partial charge < -0.3 is 4.42 Å². The van der Waals surface area contributed by atoms with Gasteiger partial charge in [0.25, 0.3) is 5.91 Å². The van der Waals surface area contributed by atoms with Gasteiger partial charge in [0.15, 0.2) is 5.43 Å². The third-order valence-corrected chi connectivity index (χ3v) is 4.70. The van der Waals surface area contributed by atoms with Crippen molar-refractivity contribution in [2.75, 3.05) is 4.90 Å². The van der Waals surface area contributed by atoms with Gasteiger partial charge in [0, 0.05) is 18.6 Å². The van der Waals surface area contributed by atoms with Gasteiger partial charge in [0.05, 0.1) is 17.0 Å². The lowest BCUT2D eigenvalue weighted by Crippen LogP contribution is -2.30. The molecule has 0 bridgehead atoms. The minimum atomic E-state index is -0.619. The number of carbonyl (C=O) groups excluding carboxylic acids is 1. The van der Waals surface area contributed by atoms with E-state index in [1.807, 2.05) is 0 Å². The Hall–Kier alpha value is -3.80. The zero-order chi connectivity index (χ0) is 18.4. The van der Waals surface area contributed by atoms with Crippen LogP contribution in [0.2, 0.25) is 0 Å². The Balaban J connectivity index is 1.84. The van der Waals surface area contributed by atoms with Gasteiger partial charge in [-0.25, -0.2) is 4.98 Å². The molecule has 1 aromatic carbocycles.